The molecule has 1 amide bonds. The largest absolute Gasteiger partial charge is 0.465 e. The van der Waals surface area contributed by atoms with Gasteiger partial charge in [-0.15, -0.1) is 0 Å². The van der Waals surface area contributed by atoms with Crippen LogP contribution in [0.15, 0.2) is 95.0 Å². The van der Waals surface area contributed by atoms with Crippen molar-refractivity contribution in [3.8, 4) is 0 Å². The Morgan fingerprint density at radius 3 is 2.40 bits per heavy atom. The lowest BCUT2D eigenvalue weighted by atomic mass is 10.1. The molecule has 0 bridgehead atoms. The number of esters is 1. The van der Waals surface area contributed by atoms with Gasteiger partial charge >= 0.3 is 5.97 Å². The van der Waals surface area contributed by atoms with Crippen LogP contribution in [0.1, 0.15) is 21.5 Å². The van der Waals surface area contributed by atoms with Crippen LogP contribution in [0.2, 0.25) is 0 Å². The van der Waals surface area contributed by atoms with Crippen molar-refractivity contribution in [2.75, 3.05) is 12.0 Å². The maximum atomic E-state index is 13.4. The summed E-state index contributed by atoms with van der Waals surface area (Å²) in [6, 6.07) is 24.4. The highest BCUT2D eigenvalue weighted by Crippen LogP contribution is 2.35. The number of ether oxygens (including phenoxy) is 1. The van der Waals surface area contributed by atoms with Crippen LogP contribution in [0.4, 0.5) is 5.69 Å². The monoisotopic (exact) mass is 459 g/mol. The van der Waals surface area contributed by atoms with Crippen molar-refractivity contribution in [1.82, 2.24) is 0 Å². The number of hydrogen-bond acceptors (Lipinski definition) is 3. The SMILES string of the molecule is COC(=O)c1cccc(N2C(=O)/C(=C/c3ccc(Br)cc3)C=C2c2ccccc2)c1. The minimum Gasteiger partial charge on any atom is -0.465 e. The molecular formula is C25H18BrNO3. The molecule has 1 heterocycles. The van der Waals surface area contributed by atoms with Crippen molar-refractivity contribution in [2.24, 2.45) is 0 Å². The third-order valence-electron chi connectivity index (χ3n) is 4.77. The standard InChI is InChI=1S/C25H18BrNO3/c1-30-25(29)19-8-5-9-22(15-19)27-23(18-6-3-2-4-7-18)16-20(24(27)28)14-17-10-12-21(26)13-11-17/h2-16H,1H3/b20-14+. The smallest absolute Gasteiger partial charge is 0.337 e. The summed E-state index contributed by atoms with van der Waals surface area (Å²) < 4.78 is 5.81. The second-order valence-electron chi connectivity index (χ2n) is 6.73. The van der Waals surface area contributed by atoms with Gasteiger partial charge in [0, 0.05) is 10.0 Å². The first-order chi connectivity index (χ1) is 14.6. The number of hydrogen-bond donors (Lipinski definition) is 0. The Kier molecular flexibility index (Phi) is 5.63. The summed E-state index contributed by atoms with van der Waals surface area (Å²) in [7, 11) is 1.34. The van der Waals surface area contributed by atoms with Crippen molar-refractivity contribution in [2.45, 2.75) is 0 Å². The molecule has 0 aliphatic carbocycles. The maximum Gasteiger partial charge on any atom is 0.337 e. The summed E-state index contributed by atoms with van der Waals surface area (Å²) in [4.78, 5) is 27.0. The Morgan fingerprint density at radius 2 is 1.70 bits per heavy atom. The van der Waals surface area contributed by atoms with E-state index in [1.54, 1.807) is 23.1 Å². The fraction of sp³-hybridized carbons (Fsp3) is 0.0400. The Bertz CT molecular complexity index is 1160. The van der Waals surface area contributed by atoms with Crippen molar-refractivity contribution in [3.05, 3.63) is 112 Å². The lowest BCUT2D eigenvalue weighted by Crippen LogP contribution is -2.25. The average molecular weight is 460 g/mol. The maximum absolute atomic E-state index is 13.4. The molecule has 0 atom stereocenters. The van der Waals surface area contributed by atoms with Crippen molar-refractivity contribution in [3.63, 3.8) is 0 Å². The molecule has 1 aliphatic heterocycles. The van der Waals surface area contributed by atoms with E-state index >= 15 is 0 Å². The van der Waals surface area contributed by atoms with Gasteiger partial charge in [0.05, 0.1) is 24.1 Å². The van der Waals surface area contributed by atoms with Gasteiger partial charge in [0.2, 0.25) is 0 Å². The van der Waals surface area contributed by atoms with Gasteiger partial charge in [-0.2, -0.15) is 0 Å². The number of carbonyl (C=O) groups excluding carboxylic acids is 2. The lowest BCUT2D eigenvalue weighted by molar-refractivity contribution is -0.113. The van der Waals surface area contributed by atoms with Crippen molar-refractivity contribution in [1.29, 1.82) is 0 Å². The highest BCUT2D eigenvalue weighted by Gasteiger charge is 2.30. The van der Waals surface area contributed by atoms with Crippen LogP contribution in [-0.2, 0) is 9.53 Å². The average Bonchev–Trinajstić information content (AvgIpc) is 3.11. The highest BCUT2D eigenvalue weighted by atomic mass is 79.9. The summed E-state index contributed by atoms with van der Waals surface area (Å²) in [5.74, 6) is -0.599. The first-order valence-corrected chi connectivity index (χ1v) is 10.1. The molecule has 0 saturated carbocycles. The number of benzene rings is 3. The van der Waals surface area contributed by atoms with Crippen LogP contribution in [-0.4, -0.2) is 19.0 Å². The van der Waals surface area contributed by atoms with E-state index in [-0.39, 0.29) is 5.91 Å². The van der Waals surface area contributed by atoms with E-state index in [1.807, 2.05) is 72.8 Å². The van der Waals surface area contributed by atoms with Crippen LogP contribution in [0.5, 0.6) is 0 Å². The third kappa shape index (κ3) is 3.98. The molecule has 1 aliphatic rings. The van der Waals surface area contributed by atoms with Gasteiger partial charge in [0.25, 0.3) is 5.91 Å². The Hall–Kier alpha value is -3.44. The normalized spacial score (nSPS) is 14.7. The predicted octanol–water partition coefficient (Wildman–Crippen LogP) is 5.71. The van der Waals surface area contributed by atoms with Crippen LogP contribution in [0, 0.1) is 0 Å². The predicted molar refractivity (Wildman–Crippen MR) is 122 cm³/mol. The number of carbonyl (C=O) groups is 2. The number of anilines is 1. The summed E-state index contributed by atoms with van der Waals surface area (Å²) in [6.07, 6.45) is 3.74. The van der Waals surface area contributed by atoms with Gasteiger partial charge < -0.3 is 4.74 Å². The number of methoxy groups -OCH3 is 1. The van der Waals surface area contributed by atoms with E-state index < -0.39 is 5.97 Å². The Balaban J connectivity index is 1.81. The van der Waals surface area contributed by atoms with E-state index in [2.05, 4.69) is 15.9 Å². The van der Waals surface area contributed by atoms with Crippen LogP contribution in [0.25, 0.3) is 11.8 Å². The summed E-state index contributed by atoms with van der Waals surface area (Å²) in [6.45, 7) is 0. The quantitative estimate of drug-likeness (QED) is 0.370. The lowest BCUT2D eigenvalue weighted by Gasteiger charge is -2.21. The minimum atomic E-state index is -0.445. The Labute approximate surface area is 183 Å². The number of halogens is 1. The number of nitrogens with zero attached hydrogens (tertiary/aromatic N) is 1. The molecule has 30 heavy (non-hydrogen) atoms. The molecule has 5 heteroatoms. The summed E-state index contributed by atoms with van der Waals surface area (Å²) >= 11 is 3.43. The van der Waals surface area contributed by atoms with Crippen LogP contribution in [0.3, 0.4) is 0 Å². The number of amides is 1. The van der Waals surface area contributed by atoms with E-state index in [4.69, 9.17) is 4.74 Å². The van der Waals surface area contributed by atoms with Gasteiger partial charge in [-0.3, -0.25) is 9.69 Å². The molecule has 0 N–H and O–H groups in total. The van der Waals surface area contributed by atoms with Crippen molar-refractivity contribution < 1.29 is 14.3 Å². The summed E-state index contributed by atoms with van der Waals surface area (Å²) in [5, 5.41) is 0. The molecule has 148 valence electrons. The Morgan fingerprint density at radius 1 is 0.967 bits per heavy atom. The summed E-state index contributed by atoms with van der Waals surface area (Å²) in [5.41, 5.74) is 4.16. The molecule has 3 aromatic rings. The zero-order valence-electron chi connectivity index (χ0n) is 16.2. The number of rotatable bonds is 4. The molecule has 0 spiro atoms. The van der Waals surface area contributed by atoms with E-state index in [0.717, 1.165) is 21.3 Å². The van der Waals surface area contributed by atoms with E-state index in [9.17, 15) is 9.59 Å². The van der Waals surface area contributed by atoms with Gasteiger partial charge in [-0.1, -0.05) is 64.5 Å². The van der Waals surface area contributed by atoms with Gasteiger partial charge in [0.15, 0.2) is 0 Å². The van der Waals surface area contributed by atoms with Crippen LogP contribution >= 0.6 is 15.9 Å². The minimum absolute atomic E-state index is 0.154. The molecule has 0 aromatic heterocycles. The van der Waals surface area contributed by atoms with E-state index in [1.165, 1.54) is 7.11 Å². The topological polar surface area (TPSA) is 46.6 Å². The van der Waals surface area contributed by atoms with E-state index in [0.29, 0.717) is 16.8 Å². The molecule has 0 unspecified atom stereocenters. The molecule has 0 radical (unpaired) electrons. The zero-order valence-corrected chi connectivity index (χ0v) is 17.8. The first-order valence-electron chi connectivity index (χ1n) is 9.34. The molecule has 4 rings (SSSR count). The van der Waals surface area contributed by atoms with Crippen molar-refractivity contribution >= 4 is 45.3 Å². The fourth-order valence-electron chi connectivity index (χ4n) is 3.32. The first kappa shape index (κ1) is 19.9. The molecule has 0 saturated heterocycles. The molecule has 3 aromatic carbocycles. The van der Waals surface area contributed by atoms with Crippen LogP contribution < -0.4 is 4.90 Å². The zero-order chi connectivity index (χ0) is 21.1. The molecular weight excluding hydrogens is 442 g/mol. The molecule has 0 fully saturated rings. The van der Waals surface area contributed by atoms with Gasteiger partial charge in [0.1, 0.15) is 0 Å². The van der Waals surface area contributed by atoms with Gasteiger partial charge in [-0.05, 0) is 53.6 Å². The van der Waals surface area contributed by atoms with Gasteiger partial charge in [-0.25, -0.2) is 4.79 Å². The fourth-order valence-corrected chi connectivity index (χ4v) is 3.59. The third-order valence-corrected chi connectivity index (χ3v) is 5.30. The highest BCUT2D eigenvalue weighted by molar-refractivity contribution is 9.10. The molecule has 4 nitrogen and oxygen atoms in total. The second kappa shape index (κ2) is 8.51. The second-order valence-corrected chi connectivity index (χ2v) is 7.64.